The fourth-order valence-electron chi connectivity index (χ4n) is 6.22. The van der Waals surface area contributed by atoms with Crippen molar-refractivity contribution in [1.29, 1.82) is 0 Å². The van der Waals surface area contributed by atoms with Gasteiger partial charge in [-0.05, 0) is 76.4 Å². The van der Waals surface area contributed by atoms with Crippen molar-refractivity contribution in [3.63, 3.8) is 0 Å². The van der Waals surface area contributed by atoms with Gasteiger partial charge in [-0.15, -0.1) is 0 Å². The van der Waals surface area contributed by atoms with E-state index in [1.54, 1.807) is 6.07 Å². The Bertz CT molecular complexity index is 2160. The van der Waals surface area contributed by atoms with E-state index in [2.05, 4.69) is 89.4 Å². The molecule has 0 amide bonds. The molecule has 0 atom stereocenters. The highest BCUT2D eigenvalue weighted by molar-refractivity contribution is 6.11. The number of benzene rings is 4. The summed E-state index contributed by atoms with van der Waals surface area (Å²) in [5.41, 5.74) is 9.97. The Morgan fingerprint density at radius 1 is 0.744 bits per heavy atom. The largest absolute Gasteiger partial charge is 0.437 e. The van der Waals surface area contributed by atoms with E-state index >= 15 is 0 Å². The van der Waals surface area contributed by atoms with Crippen LogP contribution >= 0.6 is 0 Å². The highest BCUT2D eigenvalue weighted by atomic mass is 19.1. The summed E-state index contributed by atoms with van der Waals surface area (Å²) in [6.07, 6.45) is 0. The number of imidazole rings is 1. The van der Waals surface area contributed by atoms with Crippen molar-refractivity contribution in [2.45, 2.75) is 65.7 Å². The van der Waals surface area contributed by atoms with Crippen LogP contribution in [0.2, 0.25) is 0 Å². The van der Waals surface area contributed by atoms with Gasteiger partial charge >= 0.3 is 0 Å². The molecule has 0 fully saturated rings. The molecule has 0 bridgehead atoms. The Balaban J connectivity index is 1.59. The lowest BCUT2D eigenvalue weighted by molar-refractivity contribution is 0.586. The molecule has 0 aliphatic heterocycles. The van der Waals surface area contributed by atoms with Crippen molar-refractivity contribution in [2.24, 2.45) is 0 Å². The molecule has 3 aromatic heterocycles. The molecule has 4 aromatic carbocycles. The molecule has 0 unspecified atom stereocenters. The van der Waals surface area contributed by atoms with E-state index in [0.29, 0.717) is 23.1 Å². The second-order valence-corrected chi connectivity index (χ2v) is 13.3. The van der Waals surface area contributed by atoms with Crippen LogP contribution in [0.25, 0.3) is 61.1 Å². The van der Waals surface area contributed by atoms with Crippen molar-refractivity contribution in [2.75, 3.05) is 0 Å². The van der Waals surface area contributed by atoms with Crippen LogP contribution in [0.3, 0.4) is 0 Å². The van der Waals surface area contributed by atoms with Gasteiger partial charge < -0.3 is 4.42 Å². The molecule has 43 heavy (non-hydrogen) atoms. The molecule has 0 N–H and O–H groups in total. The fourth-order valence-corrected chi connectivity index (χ4v) is 6.22. The molecule has 0 spiro atoms. The Morgan fingerprint density at radius 3 is 2.16 bits per heavy atom. The summed E-state index contributed by atoms with van der Waals surface area (Å²) in [5.74, 6) is 1.13. The van der Waals surface area contributed by atoms with E-state index in [1.165, 1.54) is 34.5 Å². The number of pyridine rings is 1. The first kappa shape index (κ1) is 27.3. The summed E-state index contributed by atoms with van der Waals surface area (Å²) in [6.45, 7) is 15.9. The Kier molecular flexibility index (Phi) is 6.21. The third-order valence-electron chi connectivity index (χ3n) is 8.55. The zero-order chi connectivity index (χ0) is 30.2. The quantitative estimate of drug-likeness (QED) is 0.212. The first-order chi connectivity index (χ1) is 20.5. The molecule has 0 saturated heterocycles. The van der Waals surface area contributed by atoms with Gasteiger partial charge in [-0.1, -0.05) is 84.9 Å². The van der Waals surface area contributed by atoms with E-state index < -0.39 is 0 Å². The van der Waals surface area contributed by atoms with Crippen LogP contribution in [-0.4, -0.2) is 14.5 Å². The van der Waals surface area contributed by atoms with E-state index in [0.717, 1.165) is 44.2 Å². The van der Waals surface area contributed by atoms with E-state index in [1.807, 2.05) is 24.3 Å². The summed E-state index contributed by atoms with van der Waals surface area (Å²) in [7, 11) is 0. The monoisotopic (exact) mass is 569 g/mol. The Hall–Kier alpha value is -4.51. The Morgan fingerprint density at radius 2 is 1.47 bits per heavy atom. The molecule has 0 radical (unpaired) electrons. The van der Waals surface area contributed by atoms with Crippen molar-refractivity contribution in [3.05, 3.63) is 101 Å². The highest BCUT2D eigenvalue weighted by Gasteiger charge is 2.27. The lowest BCUT2D eigenvalue weighted by Gasteiger charge is -2.28. The summed E-state index contributed by atoms with van der Waals surface area (Å²) < 4.78 is 22.9. The van der Waals surface area contributed by atoms with Crippen LogP contribution in [0, 0.1) is 5.82 Å². The summed E-state index contributed by atoms with van der Waals surface area (Å²) in [6, 6.07) is 25.9. The lowest BCUT2D eigenvalue weighted by atomic mass is 9.81. The summed E-state index contributed by atoms with van der Waals surface area (Å²) in [5, 5.41) is 2.54. The first-order valence-electron chi connectivity index (χ1n) is 15.1. The van der Waals surface area contributed by atoms with Crippen molar-refractivity contribution in [3.8, 4) is 17.1 Å². The van der Waals surface area contributed by atoms with Gasteiger partial charge in [0.15, 0.2) is 0 Å². The van der Waals surface area contributed by atoms with Gasteiger partial charge in [0, 0.05) is 16.2 Å². The number of para-hydroxylation sites is 3. The number of hydrogen-bond donors (Lipinski definition) is 0. The topological polar surface area (TPSA) is 43.9 Å². The van der Waals surface area contributed by atoms with Crippen molar-refractivity contribution >= 4 is 44.0 Å². The van der Waals surface area contributed by atoms with Crippen LogP contribution in [0.1, 0.15) is 77.0 Å². The third kappa shape index (κ3) is 4.41. The molecule has 0 aliphatic rings. The van der Waals surface area contributed by atoms with Gasteiger partial charge in [0.2, 0.25) is 5.71 Å². The normalized spacial score (nSPS) is 12.6. The predicted molar refractivity (Wildman–Crippen MR) is 176 cm³/mol. The predicted octanol–water partition coefficient (Wildman–Crippen LogP) is 10.8. The van der Waals surface area contributed by atoms with Crippen LogP contribution < -0.4 is 0 Å². The number of fused-ring (bicyclic) bond motifs is 5. The van der Waals surface area contributed by atoms with Crippen molar-refractivity contribution in [1.82, 2.24) is 14.5 Å². The van der Waals surface area contributed by atoms with E-state index in [9.17, 15) is 4.39 Å². The Labute approximate surface area is 251 Å². The minimum atomic E-state index is -0.282. The van der Waals surface area contributed by atoms with E-state index in [4.69, 9.17) is 14.4 Å². The van der Waals surface area contributed by atoms with Crippen LogP contribution in [0.5, 0.6) is 0 Å². The van der Waals surface area contributed by atoms with Gasteiger partial charge in [-0.3, -0.25) is 4.57 Å². The van der Waals surface area contributed by atoms with Crippen LogP contribution in [-0.2, 0) is 5.41 Å². The molecule has 3 heterocycles. The first-order valence-corrected chi connectivity index (χ1v) is 15.1. The zero-order valence-electron chi connectivity index (χ0n) is 25.8. The SMILES string of the molecule is CC(C)c1cc(C(C)(C)C)cc(C(C)C)c1-n1c(-c2cccc3c2oc2nc4ccc(F)cc4cc23)nc2ccccc21. The minimum Gasteiger partial charge on any atom is -0.437 e. The van der Waals surface area contributed by atoms with Gasteiger partial charge in [-0.25, -0.2) is 14.4 Å². The third-order valence-corrected chi connectivity index (χ3v) is 8.55. The van der Waals surface area contributed by atoms with Crippen LogP contribution in [0.15, 0.2) is 83.3 Å². The molecule has 4 nitrogen and oxygen atoms in total. The molecule has 0 saturated carbocycles. The smallest absolute Gasteiger partial charge is 0.227 e. The van der Waals surface area contributed by atoms with Gasteiger partial charge in [-0.2, -0.15) is 0 Å². The second-order valence-electron chi connectivity index (χ2n) is 13.3. The molecule has 5 heteroatoms. The summed E-state index contributed by atoms with van der Waals surface area (Å²) >= 11 is 0. The van der Waals surface area contributed by atoms with Crippen molar-refractivity contribution < 1.29 is 8.81 Å². The number of halogens is 1. The van der Waals surface area contributed by atoms with Gasteiger partial charge in [0.05, 0.1) is 27.8 Å². The lowest BCUT2D eigenvalue weighted by Crippen LogP contribution is -2.16. The molecule has 7 aromatic rings. The maximum absolute atomic E-state index is 14.1. The number of aromatic nitrogens is 3. The van der Waals surface area contributed by atoms with Gasteiger partial charge in [0.25, 0.3) is 0 Å². The second kappa shape index (κ2) is 9.77. The maximum Gasteiger partial charge on any atom is 0.227 e. The average Bonchev–Trinajstić information content (AvgIpc) is 3.52. The molecule has 0 aliphatic carbocycles. The highest BCUT2D eigenvalue weighted by Crippen LogP contribution is 2.42. The average molecular weight is 570 g/mol. The van der Waals surface area contributed by atoms with Crippen LogP contribution in [0.4, 0.5) is 4.39 Å². The number of hydrogen-bond acceptors (Lipinski definition) is 3. The molecule has 216 valence electrons. The number of rotatable bonds is 4. The molecular weight excluding hydrogens is 533 g/mol. The zero-order valence-corrected chi connectivity index (χ0v) is 25.8. The number of nitrogens with zero attached hydrogens (tertiary/aromatic N) is 3. The maximum atomic E-state index is 14.1. The fraction of sp³-hybridized carbons (Fsp3) is 0.263. The molecule has 7 rings (SSSR count). The minimum absolute atomic E-state index is 0.0188. The van der Waals surface area contributed by atoms with Gasteiger partial charge in [0.1, 0.15) is 17.2 Å². The van der Waals surface area contributed by atoms with E-state index in [-0.39, 0.29) is 11.2 Å². The number of furan rings is 1. The molecular formula is C38H36FN3O. The summed E-state index contributed by atoms with van der Waals surface area (Å²) in [4.78, 5) is 10.0. The standard InChI is InChI=1S/C38H36FN3O/c1-21(2)28-19-24(38(5,6)7)20-29(22(3)4)34(28)42-33-14-9-8-13-32(33)40-36(42)27-12-10-11-26-30-18-23-17-25(39)15-16-31(23)41-37(30)43-35(26)27/h8-22H,1-7H3.